The van der Waals surface area contributed by atoms with Gasteiger partial charge >= 0.3 is 0 Å². The Labute approximate surface area is 154 Å². The monoisotopic (exact) mass is 375 g/mol. The van der Waals surface area contributed by atoms with Crippen molar-refractivity contribution in [2.45, 2.75) is 24.9 Å². The SMILES string of the molecule is CN=C(NCc1cc(Cl)c(Cl)n1C)NCC1(N(C)C)CCOCC1. The lowest BCUT2D eigenvalue weighted by Gasteiger charge is -2.43. The molecule has 24 heavy (non-hydrogen) atoms. The lowest BCUT2D eigenvalue weighted by molar-refractivity contribution is -0.00501. The number of hydrogen-bond acceptors (Lipinski definition) is 3. The summed E-state index contributed by atoms with van der Waals surface area (Å²) in [7, 11) is 7.91. The van der Waals surface area contributed by atoms with E-state index in [4.69, 9.17) is 27.9 Å². The smallest absolute Gasteiger partial charge is 0.191 e. The summed E-state index contributed by atoms with van der Waals surface area (Å²) in [5.74, 6) is 0.760. The van der Waals surface area contributed by atoms with Gasteiger partial charge in [0.2, 0.25) is 0 Å². The third kappa shape index (κ3) is 4.36. The average molecular weight is 376 g/mol. The summed E-state index contributed by atoms with van der Waals surface area (Å²) in [6, 6.07) is 1.87. The number of aliphatic imine (C=N–C) groups is 1. The largest absolute Gasteiger partial charge is 0.381 e. The summed E-state index contributed by atoms with van der Waals surface area (Å²) >= 11 is 12.2. The van der Waals surface area contributed by atoms with Crippen LogP contribution in [0, 0.1) is 0 Å². The average Bonchev–Trinajstić information content (AvgIpc) is 2.83. The zero-order chi connectivity index (χ0) is 17.7. The van der Waals surface area contributed by atoms with Gasteiger partial charge in [-0.3, -0.25) is 4.99 Å². The quantitative estimate of drug-likeness (QED) is 0.611. The van der Waals surface area contributed by atoms with Crippen LogP contribution in [0.1, 0.15) is 18.5 Å². The molecule has 0 aromatic carbocycles. The van der Waals surface area contributed by atoms with Gasteiger partial charge in [0.15, 0.2) is 5.96 Å². The van der Waals surface area contributed by atoms with Crippen molar-refractivity contribution in [1.29, 1.82) is 0 Å². The Morgan fingerprint density at radius 3 is 2.50 bits per heavy atom. The second-order valence-electron chi connectivity index (χ2n) is 6.34. The van der Waals surface area contributed by atoms with E-state index in [1.165, 1.54) is 0 Å². The molecule has 1 aliphatic heterocycles. The van der Waals surface area contributed by atoms with Gasteiger partial charge in [0.1, 0.15) is 5.15 Å². The number of guanidine groups is 1. The molecule has 2 rings (SSSR count). The first kappa shape index (κ1) is 19.4. The highest BCUT2D eigenvalue weighted by atomic mass is 35.5. The highest BCUT2D eigenvalue weighted by molar-refractivity contribution is 6.41. The Kier molecular flexibility index (Phi) is 6.80. The van der Waals surface area contributed by atoms with E-state index in [1.807, 2.05) is 17.7 Å². The summed E-state index contributed by atoms with van der Waals surface area (Å²) < 4.78 is 7.38. The summed E-state index contributed by atoms with van der Waals surface area (Å²) in [5.41, 5.74) is 1.09. The van der Waals surface area contributed by atoms with E-state index in [1.54, 1.807) is 7.05 Å². The number of nitrogens with one attached hydrogen (secondary N) is 2. The molecule has 0 unspecified atom stereocenters. The molecule has 1 saturated heterocycles. The molecule has 2 heterocycles. The molecule has 0 spiro atoms. The van der Waals surface area contributed by atoms with Crippen molar-refractivity contribution < 1.29 is 4.74 Å². The molecule has 1 aromatic heterocycles. The predicted octanol–water partition coefficient (Wildman–Crippen LogP) is 2.11. The van der Waals surface area contributed by atoms with Crippen molar-refractivity contribution in [3.63, 3.8) is 0 Å². The zero-order valence-electron chi connectivity index (χ0n) is 14.8. The molecular formula is C16H27Cl2N5O. The number of aromatic nitrogens is 1. The van der Waals surface area contributed by atoms with Gasteiger partial charge in [0.05, 0.1) is 11.6 Å². The maximum atomic E-state index is 6.10. The van der Waals surface area contributed by atoms with Crippen LogP contribution >= 0.6 is 23.2 Å². The highest BCUT2D eigenvalue weighted by Gasteiger charge is 2.34. The fourth-order valence-corrected chi connectivity index (χ4v) is 3.35. The Hall–Kier alpha value is -0.950. The molecule has 6 nitrogen and oxygen atoms in total. The molecule has 0 aliphatic carbocycles. The van der Waals surface area contributed by atoms with Crippen LogP contribution in [0.25, 0.3) is 0 Å². The fourth-order valence-electron chi connectivity index (χ4n) is 2.94. The second-order valence-corrected chi connectivity index (χ2v) is 7.11. The Morgan fingerprint density at radius 2 is 2.00 bits per heavy atom. The van der Waals surface area contributed by atoms with Crippen LogP contribution in [-0.4, -0.2) is 61.9 Å². The maximum Gasteiger partial charge on any atom is 0.191 e. The molecule has 1 fully saturated rings. The molecule has 1 aromatic rings. The molecule has 8 heteroatoms. The van der Waals surface area contributed by atoms with Gasteiger partial charge in [-0.1, -0.05) is 23.2 Å². The van der Waals surface area contributed by atoms with Gasteiger partial charge in [0.25, 0.3) is 0 Å². The first-order valence-electron chi connectivity index (χ1n) is 8.09. The van der Waals surface area contributed by atoms with E-state index in [-0.39, 0.29) is 5.54 Å². The lowest BCUT2D eigenvalue weighted by Crippen LogP contribution is -2.57. The van der Waals surface area contributed by atoms with Crippen LogP contribution in [0.3, 0.4) is 0 Å². The van der Waals surface area contributed by atoms with Crippen molar-refractivity contribution in [1.82, 2.24) is 20.1 Å². The molecule has 0 bridgehead atoms. The summed E-state index contributed by atoms with van der Waals surface area (Å²) in [4.78, 5) is 6.59. The van der Waals surface area contributed by atoms with Crippen molar-refractivity contribution >= 4 is 29.2 Å². The Balaban J connectivity index is 1.93. The molecule has 2 N–H and O–H groups in total. The van der Waals surface area contributed by atoms with Crippen LogP contribution in [-0.2, 0) is 18.3 Å². The number of likely N-dealkylation sites (N-methyl/N-ethyl adjacent to an activating group) is 1. The Bertz CT molecular complexity index is 579. The lowest BCUT2D eigenvalue weighted by atomic mass is 9.88. The minimum Gasteiger partial charge on any atom is -0.381 e. The van der Waals surface area contributed by atoms with Crippen LogP contribution in [0.15, 0.2) is 11.1 Å². The minimum absolute atomic E-state index is 0.0907. The minimum atomic E-state index is 0.0907. The summed E-state index contributed by atoms with van der Waals surface area (Å²) in [6.45, 7) is 3.01. The molecule has 136 valence electrons. The first-order chi connectivity index (χ1) is 11.4. The van der Waals surface area contributed by atoms with Crippen LogP contribution in [0.2, 0.25) is 10.2 Å². The van der Waals surface area contributed by atoms with Gasteiger partial charge in [0, 0.05) is 45.1 Å². The molecule has 0 amide bonds. The van der Waals surface area contributed by atoms with Gasteiger partial charge in [-0.25, -0.2) is 0 Å². The summed E-state index contributed by atoms with van der Waals surface area (Å²) in [5, 5.41) is 7.86. The topological polar surface area (TPSA) is 53.8 Å². The molecule has 0 radical (unpaired) electrons. The van der Waals surface area contributed by atoms with E-state index in [9.17, 15) is 0 Å². The van der Waals surface area contributed by atoms with Crippen LogP contribution in [0.4, 0.5) is 0 Å². The van der Waals surface area contributed by atoms with Gasteiger partial charge in [-0.15, -0.1) is 0 Å². The van der Waals surface area contributed by atoms with E-state index in [0.29, 0.717) is 16.7 Å². The summed E-state index contributed by atoms with van der Waals surface area (Å²) in [6.07, 6.45) is 2.01. The zero-order valence-corrected chi connectivity index (χ0v) is 16.3. The molecule has 1 aliphatic rings. The standard InChI is InChI=1S/C16H27Cl2N5O/c1-19-15(20-10-12-9-13(17)14(18)23(12)4)21-11-16(22(2)3)5-7-24-8-6-16/h9H,5-8,10-11H2,1-4H3,(H2,19,20,21). The highest BCUT2D eigenvalue weighted by Crippen LogP contribution is 2.26. The van der Waals surface area contributed by atoms with Crippen LogP contribution < -0.4 is 10.6 Å². The van der Waals surface area contributed by atoms with Crippen molar-refractivity contribution in [3.8, 4) is 0 Å². The van der Waals surface area contributed by atoms with Crippen LogP contribution in [0.5, 0.6) is 0 Å². The van der Waals surface area contributed by atoms with E-state index < -0.39 is 0 Å². The van der Waals surface area contributed by atoms with Crippen molar-refractivity contribution in [2.75, 3.05) is 40.9 Å². The number of halogens is 2. The predicted molar refractivity (Wildman–Crippen MR) is 100 cm³/mol. The fraction of sp³-hybridized carbons (Fsp3) is 0.688. The second kappa shape index (κ2) is 8.43. The number of rotatable bonds is 5. The molecular weight excluding hydrogens is 349 g/mol. The number of ether oxygens (including phenoxy) is 1. The number of nitrogens with zero attached hydrogens (tertiary/aromatic N) is 3. The van der Waals surface area contributed by atoms with E-state index in [0.717, 1.165) is 44.3 Å². The van der Waals surface area contributed by atoms with Crippen molar-refractivity contribution in [2.24, 2.45) is 12.0 Å². The number of hydrogen-bond donors (Lipinski definition) is 2. The molecule has 0 saturated carbocycles. The van der Waals surface area contributed by atoms with Gasteiger partial charge in [-0.05, 0) is 33.0 Å². The maximum absolute atomic E-state index is 6.10. The van der Waals surface area contributed by atoms with E-state index in [2.05, 4.69) is 34.6 Å². The van der Waals surface area contributed by atoms with Gasteiger partial charge in [-0.2, -0.15) is 0 Å². The van der Waals surface area contributed by atoms with Gasteiger partial charge < -0.3 is 24.8 Å². The Morgan fingerprint density at radius 1 is 1.33 bits per heavy atom. The third-order valence-corrected chi connectivity index (χ3v) is 5.68. The molecule has 0 atom stereocenters. The van der Waals surface area contributed by atoms with Crippen molar-refractivity contribution in [3.05, 3.63) is 21.9 Å². The van der Waals surface area contributed by atoms with E-state index >= 15 is 0 Å². The third-order valence-electron chi connectivity index (χ3n) is 4.83. The first-order valence-corrected chi connectivity index (χ1v) is 8.84. The normalized spacial score (nSPS) is 18.0.